The van der Waals surface area contributed by atoms with Gasteiger partial charge < -0.3 is 14.9 Å². The number of hydrogen-bond acceptors (Lipinski definition) is 4. The third-order valence-corrected chi connectivity index (χ3v) is 3.94. The summed E-state index contributed by atoms with van der Waals surface area (Å²) in [6.45, 7) is 1.57. The number of carbonyl (C=O) groups excluding carboxylic acids is 1. The molecule has 2 unspecified atom stereocenters. The van der Waals surface area contributed by atoms with E-state index in [2.05, 4.69) is 0 Å². The highest BCUT2D eigenvalue weighted by Crippen LogP contribution is 2.14. The van der Waals surface area contributed by atoms with E-state index < -0.39 is 12.1 Å². The molecule has 148 valence electrons. The average molecular weight is 378 g/mol. The summed E-state index contributed by atoms with van der Waals surface area (Å²) in [5.41, 5.74) is 0. The minimum atomic E-state index is -0.825. The number of allylic oxidation sites excluding steroid dienone is 3. The van der Waals surface area contributed by atoms with Crippen LogP contribution in [0.2, 0.25) is 0 Å². The van der Waals surface area contributed by atoms with Crippen molar-refractivity contribution in [3.63, 3.8) is 0 Å². The zero-order valence-electron chi connectivity index (χ0n) is 15.5. The largest absolute Gasteiger partial charge is 0.491 e. The molecule has 27 heavy (non-hydrogen) atoms. The number of carbonyl (C=O) groups is 2. The fourth-order valence-corrected chi connectivity index (χ4v) is 2.35. The van der Waals surface area contributed by atoms with Gasteiger partial charge in [-0.25, -0.2) is 4.39 Å². The summed E-state index contributed by atoms with van der Waals surface area (Å²) in [4.78, 5) is 22.1. The van der Waals surface area contributed by atoms with Gasteiger partial charge in [-0.3, -0.25) is 9.59 Å². The van der Waals surface area contributed by atoms with Gasteiger partial charge in [-0.05, 0) is 56.9 Å². The van der Waals surface area contributed by atoms with Crippen molar-refractivity contribution in [2.45, 2.75) is 45.1 Å². The summed E-state index contributed by atoms with van der Waals surface area (Å²) >= 11 is 0. The molecular formula is C21H27FO5. The summed E-state index contributed by atoms with van der Waals surface area (Å²) in [5.74, 6) is -0.807. The second-order valence-corrected chi connectivity index (χ2v) is 6.30. The lowest BCUT2D eigenvalue weighted by atomic mass is 9.96. The number of rotatable bonds is 13. The number of aliphatic hydroxyl groups is 1. The number of aliphatic hydroxyl groups excluding tert-OH is 1. The lowest BCUT2D eigenvalue weighted by Crippen LogP contribution is -2.15. The maximum atomic E-state index is 12.8. The van der Waals surface area contributed by atoms with Crippen molar-refractivity contribution in [2.24, 2.45) is 5.92 Å². The summed E-state index contributed by atoms with van der Waals surface area (Å²) in [6.07, 6.45) is 8.78. The number of halogens is 1. The van der Waals surface area contributed by atoms with Gasteiger partial charge in [0.2, 0.25) is 0 Å². The van der Waals surface area contributed by atoms with E-state index in [4.69, 9.17) is 9.84 Å². The second kappa shape index (κ2) is 12.8. The first-order chi connectivity index (χ1) is 12.9. The molecule has 1 rings (SSSR count). The SMILES string of the molecule is CC(=O)C(C/C=C\CCCC(=O)O)C/C=C/C(O)COc1ccc(F)cc1. The highest BCUT2D eigenvalue weighted by Gasteiger charge is 2.11. The van der Waals surface area contributed by atoms with Crippen LogP contribution in [0.4, 0.5) is 4.39 Å². The van der Waals surface area contributed by atoms with Crippen LogP contribution in [0.25, 0.3) is 0 Å². The lowest BCUT2D eigenvalue weighted by molar-refractivity contribution is -0.137. The normalized spacial score (nSPS) is 13.7. The van der Waals surface area contributed by atoms with Gasteiger partial charge >= 0.3 is 5.97 Å². The van der Waals surface area contributed by atoms with Crippen LogP contribution in [0.1, 0.15) is 39.0 Å². The molecule has 0 aromatic heterocycles. The van der Waals surface area contributed by atoms with Crippen LogP contribution in [0.3, 0.4) is 0 Å². The summed E-state index contributed by atoms with van der Waals surface area (Å²) in [7, 11) is 0. The van der Waals surface area contributed by atoms with E-state index in [1.165, 1.54) is 31.2 Å². The van der Waals surface area contributed by atoms with Gasteiger partial charge in [-0.1, -0.05) is 24.3 Å². The van der Waals surface area contributed by atoms with E-state index >= 15 is 0 Å². The number of Topliss-reactive ketones (excluding diaryl/α,β-unsaturated/α-hetero) is 1. The summed E-state index contributed by atoms with van der Waals surface area (Å²) in [6, 6.07) is 5.54. The number of ketones is 1. The maximum Gasteiger partial charge on any atom is 0.303 e. The third-order valence-electron chi connectivity index (χ3n) is 3.94. The first-order valence-corrected chi connectivity index (χ1v) is 8.98. The molecule has 0 fully saturated rings. The first-order valence-electron chi connectivity index (χ1n) is 8.98. The highest BCUT2D eigenvalue weighted by molar-refractivity contribution is 5.78. The lowest BCUT2D eigenvalue weighted by Gasteiger charge is -2.10. The van der Waals surface area contributed by atoms with Gasteiger partial charge in [0.05, 0.1) is 0 Å². The number of aliphatic carboxylic acids is 1. The van der Waals surface area contributed by atoms with E-state index in [0.29, 0.717) is 31.4 Å². The van der Waals surface area contributed by atoms with Crippen molar-refractivity contribution in [1.82, 2.24) is 0 Å². The van der Waals surface area contributed by atoms with Gasteiger partial charge in [0.1, 0.15) is 30.1 Å². The number of unbranched alkanes of at least 4 members (excludes halogenated alkanes) is 1. The number of benzene rings is 1. The Morgan fingerprint density at radius 3 is 2.44 bits per heavy atom. The first kappa shape index (κ1) is 22.6. The topological polar surface area (TPSA) is 83.8 Å². The van der Waals surface area contributed by atoms with Crippen molar-refractivity contribution in [3.8, 4) is 5.75 Å². The molecule has 0 saturated carbocycles. The minimum absolute atomic E-state index is 0.0380. The molecule has 1 aromatic carbocycles. The van der Waals surface area contributed by atoms with Crippen molar-refractivity contribution >= 4 is 11.8 Å². The smallest absolute Gasteiger partial charge is 0.303 e. The van der Waals surface area contributed by atoms with E-state index in [0.717, 1.165) is 0 Å². The Morgan fingerprint density at radius 1 is 1.15 bits per heavy atom. The molecular weight excluding hydrogens is 351 g/mol. The molecule has 2 atom stereocenters. The molecule has 0 radical (unpaired) electrons. The monoisotopic (exact) mass is 378 g/mol. The van der Waals surface area contributed by atoms with Crippen LogP contribution < -0.4 is 4.74 Å². The van der Waals surface area contributed by atoms with Crippen molar-refractivity contribution < 1.29 is 28.9 Å². The molecule has 6 heteroatoms. The minimum Gasteiger partial charge on any atom is -0.491 e. The molecule has 0 spiro atoms. The average Bonchev–Trinajstić information content (AvgIpc) is 2.62. The number of carboxylic acids is 1. The van der Waals surface area contributed by atoms with E-state index in [1.807, 2.05) is 12.2 Å². The van der Waals surface area contributed by atoms with Crippen molar-refractivity contribution in [2.75, 3.05) is 6.61 Å². The molecule has 0 amide bonds. The molecule has 0 aliphatic heterocycles. The van der Waals surface area contributed by atoms with Gasteiger partial charge in [0, 0.05) is 12.3 Å². The van der Waals surface area contributed by atoms with Gasteiger partial charge in [-0.15, -0.1) is 0 Å². The highest BCUT2D eigenvalue weighted by atomic mass is 19.1. The van der Waals surface area contributed by atoms with Crippen LogP contribution in [0.5, 0.6) is 5.75 Å². The Hall–Kier alpha value is -2.47. The number of carboxylic acid groups (broad SMARTS) is 1. The number of hydrogen-bond donors (Lipinski definition) is 2. The van der Waals surface area contributed by atoms with Crippen LogP contribution in [-0.4, -0.2) is 34.7 Å². The van der Waals surface area contributed by atoms with E-state index in [9.17, 15) is 19.1 Å². The van der Waals surface area contributed by atoms with Crippen LogP contribution in [0, 0.1) is 11.7 Å². The zero-order valence-corrected chi connectivity index (χ0v) is 15.5. The second-order valence-electron chi connectivity index (χ2n) is 6.30. The Morgan fingerprint density at radius 2 is 1.81 bits per heavy atom. The van der Waals surface area contributed by atoms with Crippen molar-refractivity contribution in [3.05, 3.63) is 54.4 Å². The van der Waals surface area contributed by atoms with E-state index in [1.54, 1.807) is 12.2 Å². The molecule has 0 saturated heterocycles. The standard InChI is InChI=1S/C21H27FO5/c1-16(23)17(7-4-2-3-5-10-21(25)26)8-6-9-19(24)15-27-20-13-11-18(22)12-14-20/h2,4,6,9,11-14,17,19,24H,3,5,7-8,10,15H2,1H3,(H,25,26)/b4-2-,9-6+. The molecule has 2 N–H and O–H groups in total. The van der Waals surface area contributed by atoms with Gasteiger partial charge in [-0.2, -0.15) is 0 Å². The number of ether oxygens (including phenoxy) is 1. The van der Waals surface area contributed by atoms with E-state index in [-0.39, 0.29) is 30.5 Å². The molecule has 0 bridgehead atoms. The molecule has 0 heterocycles. The van der Waals surface area contributed by atoms with Gasteiger partial charge in [0.15, 0.2) is 0 Å². The summed E-state index contributed by atoms with van der Waals surface area (Å²) < 4.78 is 18.2. The van der Waals surface area contributed by atoms with Crippen LogP contribution in [-0.2, 0) is 9.59 Å². The van der Waals surface area contributed by atoms with Crippen molar-refractivity contribution in [1.29, 1.82) is 0 Å². The summed E-state index contributed by atoms with van der Waals surface area (Å²) in [5, 5.41) is 18.5. The Bertz CT molecular complexity index is 636. The Balaban J connectivity index is 2.32. The molecule has 0 aliphatic rings. The Kier molecular flexibility index (Phi) is 10.7. The van der Waals surface area contributed by atoms with Crippen LogP contribution >= 0.6 is 0 Å². The van der Waals surface area contributed by atoms with Gasteiger partial charge in [0.25, 0.3) is 0 Å². The quantitative estimate of drug-likeness (QED) is 0.401. The molecule has 1 aromatic rings. The molecule has 0 aliphatic carbocycles. The third kappa shape index (κ3) is 11.0. The maximum absolute atomic E-state index is 12.8. The predicted octanol–water partition coefficient (Wildman–Crippen LogP) is 3.92. The fraction of sp³-hybridized carbons (Fsp3) is 0.429. The fourth-order valence-electron chi connectivity index (χ4n) is 2.35. The predicted molar refractivity (Wildman–Crippen MR) is 101 cm³/mol. The zero-order chi connectivity index (χ0) is 20.1. The Labute approximate surface area is 159 Å². The van der Waals surface area contributed by atoms with Crippen LogP contribution in [0.15, 0.2) is 48.6 Å². The molecule has 5 nitrogen and oxygen atoms in total.